The highest BCUT2D eigenvalue weighted by molar-refractivity contribution is 7.08. The van der Waals surface area contributed by atoms with Crippen LogP contribution in [0.25, 0.3) is 0 Å². The first-order valence-electron chi connectivity index (χ1n) is 3.91. The quantitative estimate of drug-likeness (QED) is 0.735. The van der Waals surface area contributed by atoms with Crippen molar-refractivity contribution in [3.63, 3.8) is 0 Å². The Morgan fingerprint density at radius 2 is 2.00 bits per heavy atom. The first kappa shape index (κ1) is 9.15. The molecule has 1 nitrogen and oxygen atoms in total. The normalized spacial score (nSPS) is 10.1. The monoisotopic (exact) mass is 212 g/mol. The van der Waals surface area contributed by atoms with Crippen LogP contribution < -0.4 is 4.74 Å². The lowest BCUT2D eigenvalue weighted by molar-refractivity contribution is 0.439. The van der Waals surface area contributed by atoms with Crippen LogP contribution in [0, 0.1) is 11.6 Å². The smallest absolute Gasteiger partial charge is 0.168 e. The van der Waals surface area contributed by atoms with Crippen molar-refractivity contribution in [2.75, 3.05) is 0 Å². The van der Waals surface area contributed by atoms with Crippen LogP contribution in [-0.2, 0) is 0 Å². The van der Waals surface area contributed by atoms with E-state index in [-0.39, 0.29) is 5.75 Å². The summed E-state index contributed by atoms with van der Waals surface area (Å²) < 4.78 is 30.8. The number of halogens is 2. The standard InChI is InChI=1S/C10H6F2OS/c11-7-1-2-10(9(12)5-7)13-8-3-4-14-6-8/h1-6H. The molecule has 4 heteroatoms. The van der Waals surface area contributed by atoms with E-state index in [9.17, 15) is 8.78 Å². The van der Waals surface area contributed by atoms with E-state index in [1.807, 2.05) is 5.38 Å². The zero-order valence-corrected chi connectivity index (χ0v) is 7.85. The summed E-state index contributed by atoms with van der Waals surface area (Å²) in [6.45, 7) is 0. The number of ether oxygens (including phenoxy) is 1. The predicted octanol–water partition coefficient (Wildman–Crippen LogP) is 3.82. The summed E-state index contributed by atoms with van der Waals surface area (Å²) in [5.74, 6) is -0.721. The van der Waals surface area contributed by atoms with E-state index < -0.39 is 11.6 Å². The lowest BCUT2D eigenvalue weighted by Crippen LogP contribution is -1.87. The van der Waals surface area contributed by atoms with Crippen LogP contribution in [0.3, 0.4) is 0 Å². The van der Waals surface area contributed by atoms with Gasteiger partial charge in [0, 0.05) is 11.4 Å². The summed E-state index contributed by atoms with van der Waals surface area (Å²) in [4.78, 5) is 0. The third-order valence-corrected chi connectivity index (χ3v) is 2.28. The van der Waals surface area contributed by atoms with E-state index in [0.717, 1.165) is 12.1 Å². The predicted molar refractivity (Wildman–Crippen MR) is 50.8 cm³/mol. The van der Waals surface area contributed by atoms with Gasteiger partial charge in [0.1, 0.15) is 11.6 Å². The van der Waals surface area contributed by atoms with Crippen molar-refractivity contribution in [1.82, 2.24) is 0 Å². The van der Waals surface area contributed by atoms with Crippen LogP contribution in [0.2, 0.25) is 0 Å². The molecule has 0 aliphatic heterocycles. The molecule has 14 heavy (non-hydrogen) atoms. The molecule has 72 valence electrons. The molecular weight excluding hydrogens is 206 g/mol. The van der Waals surface area contributed by atoms with Crippen LogP contribution in [0.1, 0.15) is 0 Å². The van der Waals surface area contributed by atoms with Crippen molar-refractivity contribution in [3.05, 3.63) is 46.7 Å². The minimum Gasteiger partial charge on any atom is -0.453 e. The fourth-order valence-electron chi connectivity index (χ4n) is 0.995. The number of rotatable bonds is 2. The average Bonchev–Trinajstić information content (AvgIpc) is 2.62. The number of hydrogen-bond donors (Lipinski definition) is 0. The second-order valence-electron chi connectivity index (χ2n) is 2.64. The zero-order chi connectivity index (χ0) is 9.97. The zero-order valence-electron chi connectivity index (χ0n) is 7.04. The molecule has 0 N–H and O–H groups in total. The first-order valence-corrected chi connectivity index (χ1v) is 4.85. The molecule has 0 saturated carbocycles. The van der Waals surface area contributed by atoms with Gasteiger partial charge in [-0.15, -0.1) is 11.3 Å². The fraction of sp³-hybridized carbons (Fsp3) is 0. The molecule has 0 radical (unpaired) electrons. The second-order valence-corrected chi connectivity index (χ2v) is 3.42. The summed E-state index contributed by atoms with van der Waals surface area (Å²) in [5, 5.41) is 3.56. The minimum absolute atomic E-state index is 0.0322. The fourth-order valence-corrected chi connectivity index (χ4v) is 1.55. The Bertz CT molecular complexity index is 426. The molecule has 0 unspecified atom stereocenters. The van der Waals surface area contributed by atoms with Gasteiger partial charge in [-0.3, -0.25) is 0 Å². The van der Waals surface area contributed by atoms with Gasteiger partial charge in [0.25, 0.3) is 0 Å². The van der Waals surface area contributed by atoms with Crippen molar-refractivity contribution in [3.8, 4) is 11.5 Å². The van der Waals surface area contributed by atoms with E-state index >= 15 is 0 Å². The maximum absolute atomic E-state index is 13.1. The third-order valence-electron chi connectivity index (χ3n) is 1.62. The first-order chi connectivity index (χ1) is 6.75. The highest BCUT2D eigenvalue weighted by Gasteiger charge is 2.05. The Hall–Kier alpha value is -1.42. The van der Waals surface area contributed by atoms with Crippen LogP contribution in [0.4, 0.5) is 8.78 Å². The Labute approximate surface area is 83.6 Å². The molecule has 2 aromatic rings. The van der Waals surface area contributed by atoms with Crippen LogP contribution >= 0.6 is 11.3 Å². The summed E-state index contributed by atoms with van der Waals surface area (Å²) >= 11 is 1.45. The van der Waals surface area contributed by atoms with E-state index in [1.165, 1.54) is 17.4 Å². The molecule has 0 aliphatic rings. The molecule has 1 heterocycles. The molecule has 1 aromatic carbocycles. The summed E-state index contributed by atoms with van der Waals surface area (Å²) in [6, 6.07) is 4.93. The van der Waals surface area contributed by atoms with Gasteiger partial charge in [0.05, 0.1) is 0 Å². The van der Waals surface area contributed by atoms with E-state index in [1.54, 1.807) is 11.4 Å². The highest BCUT2D eigenvalue weighted by atomic mass is 32.1. The van der Waals surface area contributed by atoms with Crippen molar-refractivity contribution in [2.45, 2.75) is 0 Å². The molecule has 0 aliphatic carbocycles. The largest absolute Gasteiger partial charge is 0.453 e. The number of benzene rings is 1. The molecule has 2 rings (SSSR count). The molecule has 0 atom stereocenters. The Balaban J connectivity index is 2.25. The molecule has 0 spiro atoms. The van der Waals surface area contributed by atoms with Crippen molar-refractivity contribution in [1.29, 1.82) is 0 Å². The Morgan fingerprint density at radius 3 is 2.64 bits per heavy atom. The average molecular weight is 212 g/mol. The molecule has 0 amide bonds. The molecule has 0 saturated heterocycles. The minimum atomic E-state index is -0.698. The van der Waals surface area contributed by atoms with Crippen LogP contribution in [0.15, 0.2) is 35.0 Å². The maximum Gasteiger partial charge on any atom is 0.168 e. The summed E-state index contributed by atoms with van der Waals surface area (Å²) in [5.41, 5.74) is 0. The molecule has 1 aromatic heterocycles. The lowest BCUT2D eigenvalue weighted by atomic mass is 10.3. The topological polar surface area (TPSA) is 9.23 Å². The molecular formula is C10H6F2OS. The highest BCUT2D eigenvalue weighted by Crippen LogP contribution is 2.26. The lowest BCUT2D eigenvalue weighted by Gasteiger charge is -2.03. The van der Waals surface area contributed by atoms with Crippen molar-refractivity contribution >= 4 is 11.3 Å². The van der Waals surface area contributed by atoms with Gasteiger partial charge in [0.15, 0.2) is 11.6 Å². The van der Waals surface area contributed by atoms with E-state index in [2.05, 4.69) is 0 Å². The summed E-state index contributed by atoms with van der Waals surface area (Å²) in [7, 11) is 0. The Morgan fingerprint density at radius 1 is 1.14 bits per heavy atom. The van der Waals surface area contributed by atoms with Crippen LogP contribution in [0.5, 0.6) is 11.5 Å². The van der Waals surface area contributed by atoms with Gasteiger partial charge >= 0.3 is 0 Å². The van der Waals surface area contributed by atoms with Gasteiger partial charge in [-0.2, -0.15) is 0 Å². The van der Waals surface area contributed by atoms with Gasteiger partial charge < -0.3 is 4.74 Å². The van der Waals surface area contributed by atoms with Crippen molar-refractivity contribution < 1.29 is 13.5 Å². The van der Waals surface area contributed by atoms with Gasteiger partial charge in [-0.25, -0.2) is 8.78 Å². The van der Waals surface area contributed by atoms with Crippen molar-refractivity contribution in [2.24, 2.45) is 0 Å². The second kappa shape index (κ2) is 3.75. The van der Waals surface area contributed by atoms with E-state index in [4.69, 9.17) is 4.74 Å². The van der Waals surface area contributed by atoms with E-state index in [0.29, 0.717) is 5.75 Å². The van der Waals surface area contributed by atoms with Gasteiger partial charge in [-0.1, -0.05) is 0 Å². The molecule has 0 fully saturated rings. The number of hydrogen-bond acceptors (Lipinski definition) is 2. The third kappa shape index (κ3) is 1.90. The maximum atomic E-state index is 13.1. The summed E-state index contributed by atoms with van der Waals surface area (Å²) in [6.07, 6.45) is 0. The van der Waals surface area contributed by atoms with Gasteiger partial charge in [-0.05, 0) is 23.6 Å². The van der Waals surface area contributed by atoms with Gasteiger partial charge in [0.2, 0.25) is 0 Å². The molecule has 0 bridgehead atoms. The Kier molecular flexibility index (Phi) is 2.45. The SMILES string of the molecule is Fc1ccc(Oc2ccsc2)c(F)c1. The number of thiophene rings is 1. The van der Waals surface area contributed by atoms with Crippen LogP contribution in [-0.4, -0.2) is 0 Å².